The fourth-order valence-corrected chi connectivity index (χ4v) is 6.15. The average molecular weight is 496 g/mol. The van der Waals surface area contributed by atoms with Crippen molar-refractivity contribution in [3.63, 3.8) is 0 Å². The van der Waals surface area contributed by atoms with E-state index < -0.39 is 0 Å². The van der Waals surface area contributed by atoms with E-state index in [1.807, 2.05) is 0 Å². The Bertz CT molecular complexity index is 2140. The molecule has 0 aliphatic heterocycles. The largest absolute Gasteiger partial charge is 0.309 e. The first kappa shape index (κ1) is 21.9. The van der Waals surface area contributed by atoms with E-state index in [1.165, 1.54) is 71.3 Å². The normalized spacial score (nSPS) is 11.6. The van der Waals surface area contributed by atoms with Gasteiger partial charge in [-0.15, -0.1) is 0 Å². The molecule has 0 aliphatic rings. The smallest absolute Gasteiger partial charge is 0.0547 e. The van der Waals surface area contributed by atoms with Crippen LogP contribution in [0.25, 0.3) is 71.3 Å². The molecule has 7 aromatic carbocycles. The second-order valence-electron chi connectivity index (χ2n) is 10.2. The first-order valence-corrected chi connectivity index (χ1v) is 13.5. The molecule has 0 unspecified atom stereocenters. The molecule has 0 N–H and O–H groups in total. The lowest BCUT2D eigenvalue weighted by Gasteiger charge is -2.11. The molecular formula is C38H25N. The second kappa shape index (κ2) is 8.72. The highest BCUT2D eigenvalue weighted by Crippen LogP contribution is 2.39. The zero-order valence-corrected chi connectivity index (χ0v) is 21.4. The number of benzene rings is 7. The summed E-state index contributed by atoms with van der Waals surface area (Å²) in [4.78, 5) is 0. The predicted molar refractivity (Wildman–Crippen MR) is 167 cm³/mol. The summed E-state index contributed by atoms with van der Waals surface area (Å²) in [5.41, 5.74) is 8.62. The highest BCUT2D eigenvalue weighted by atomic mass is 15.0. The van der Waals surface area contributed by atoms with Crippen molar-refractivity contribution < 1.29 is 0 Å². The highest BCUT2D eigenvalue weighted by Gasteiger charge is 2.15. The maximum absolute atomic E-state index is 2.40. The molecule has 1 heterocycles. The Morgan fingerprint density at radius 3 is 1.92 bits per heavy atom. The van der Waals surface area contributed by atoms with Gasteiger partial charge in [0.15, 0.2) is 0 Å². The van der Waals surface area contributed by atoms with Gasteiger partial charge < -0.3 is 4.57 Å². The Morgan fingerprint density at radius 1 is 0.359 bits per heavy atom. The van der Waals surface area contributed by atoms with Crippen LogP contribution in [-0.2, 0) is 0 Å². The van der Waals surface area contributed by atoms with Crippen LogP contribution in [0, 0.1) is 0 Å². The molecule has 8 aromatic rings. The zero-order valence-electron chi connectivity index (χ0n) is 21.4. The molecule has 0 saturated heterocycles. The van der Waals surface area contributed by atoms with Crippen LogP contribution in [0.4, 0.5) is 0 Å². The summed E-state index contributed by atoms with van der Waals surface area (Å²) in [7, 11) is 0. The standard InChI is InChI=1S/C38H25N/c1-2-9-26(10-3-1)27-17-21-31(22-18-27)39-36-16-7-6-14-35(36)38-34-23-19-29(25-30(34)20-24-37(38)39)33-15-8-12-28-11-4-5-13-32(28)33/h1-25H. The van der Waals surface area contributed by atoms with Gasteiger partial charge in [-0.1, -0.05) is 121 Å². The van der Waals surface area contributed by atoms with Crippen LogP contribution in [0.2, 0.25) is 0 Å². The fourth-order valence-electron chi connectivity index (χ4n) is 6.15. The van der Waals surface area contributed by atoms with Gasteiger partial charge in [0.05, 0.1) is 11.0 Å². The SMILES string of the molecule is c1ccc(-c2ccc(-n3c4ccccc4c4c5ccc(-c6cccc7ccccc67)cc5ccc43)cc2)cc1. The summed E-state index contributed by atoms with van der Waals surface area (Å²) < 4.78 is 2.40. The molecule has 0 aliphatic carbocycles. The lowest BCUT2D eigenvalue weighted by Crippen LogP contribution is -1.93. The number of aromatic nitrogens is 1. The van der Waals surface area contributed by atoms with Gasteiger partial charge in [0.1, 0.15) is 0 Å². The molecule has 0 saturated carbocycles. The second-order valence-corrected chi connectivity index (χ2v) is 10.2. The Hall–Kier alpha value is -5.14. The molecule has 39 heavy (non-hydrogen) atoms. The molecule has 0 spiro atoms. The molecule has 0 bridgehead atoms. The molecule has 0 atom stereocenters. The van der Waals surface area contributed by atoms with Crippen molar-refractivity contribution in [1.82, 2.24) is 4.57 Å². The Labute approximate surface area is 227 Å². The predicted octanol–water partition coefficient (Wildman–Crippen LogP) is 10.4. The quantitative estimate of drug-likeness (QED) is 0.230. The van der Waals surface area contributed by atoms with Gasteiger partial charge >= 0.3 is 0 Å². The summed E-state index contributed by atoms with van der Waals surface area (Å²) in [6.45, 7) is 0. The third-order valence-corrected chi connectivity index (χ3v) is 7.99. The maximum Gasteiger partial charge on any atom is 0.0547 e. The van der Waals surface area contributed by atoms with Crippen LogP contribution >= 0.6 is 0 Å². The van der Waals surface area contributed by atoms with Gasteiger partial charge in [-0.05, 0) is 74.1 Å². The van der Waals surface area contributed by atoms with Gasteiger partial charge in [-0.3, -0.25) is 0 Å². The van der Waals surface area contributed by atoms with Gasteiger partial charge in [0.25, 0.3) is 0 Å². The zero-order chi connectivity index (χ0) is 25.8. The highest BCUT2D eigenvalue weighted by molar-refractivity contribution is 6.21. The number of hydrogen-bond acceptors (Lipinski definition) is 0. The van der Waals surface area contributed by atoms with Crippen molar-refractivity contribution >= 4 is 43.4 Å². The number of nitrogens with zero attached hydrogens (tertiary/aromatic N) is 1. The molecule has 1 heteroatoms. The molecule has 182 valence electrons. The third-order valence-electron chi connectivity index (χ3n) is 7.99. The van der Waals surface area contributed by atoms with Gasteiger partial charge in [-0.2, -0.15) is 0 Å². The number of fused-ring (bicyclic) bond motifs is 6. The number of para-hydroxylation sites is 1. The minimum Gasteiger partial charge on any atom is -0.309 e. The van der Waals surface area contributed by atoms with E-state index in [9.17, 15) is 0 Å². The van der Waals surface area contributed by atoms with Gasteiger partial charge in [0.2, 0.25) is 0 Å². The fraction of sp³-hybridized carbons (Fsp3) is 0. The van der Waals surface area contributed by atoms with E-state index in [0.29, 0.717) is 0 Å². The molecular weight excluding hydrogens is 470 g/mol. The lowest BCUT2D eigenvalue weighted by atomic mass is 9.95. The van der Waals surface area contributed by atoms with E-state index in [2.05, 4.69) is 156 Å². The number of rotatable bonds is 3. The van der Waals surface area contributed by atoms with Crippen molar-refractivity contribution in [2.24, 2.45) is 0 Å². The monoisotopic (exact) mass is 495 g/mol. The Kier molecular flexibility index (Phi) is 4.89. The summed E-state index contributed by atoms with van der Waals surface area (Å²) in [5.74, 6) is 0. The van der Waals surface area contributed by atoms with Crippen LogP contribution in [-0.4, -0.2) is 4.57 Å². The van der Waals surface area contributed by atoms with Crippen molar-refractivity contribution in [2.45, 2.75) is 0 Å². The van der Waals surface area contributed by atoms with E-state index in [-0.39, 0.29) is 0 Å². The van der Waals surface area contributed by atoms with Crippen LogP contribution in [0.5, 0.6) is 0 Å². The van der Waals surface area contributed by atoms with Gasteiger partial charge in [-0.25, -0.2) is 0 Å². The van der Waals surface area contributed by atoms with Crippen molar-refractivity contribution in [3.8, 4) is 27.9 Å². The average Bonchev–Trinajstić information content (AvgIpc) is 3.36. The first-order chi connectivity index (χ1) is 19.3. The topological polar surface area (TPSA) is 4.93 Å². The molecule has 8 rings (SSSR count). The molecule has 0 radical (unpaired) electrons. The Morgan fingerprint density at radius 2 is 1.05 bits per heavy atom. The van der Waals surface area contributed by atoms with Crippen LogP contribution in [0.15, 0.2) is 152 Å². The summed E-state index contributed by atoms with van der Waals surface area (Å²) in [6, 6.07) is 55.0. The number of hydrogen-bond donors (Lipinski definition) is 0. The van der Waals surface area contributed by atoms with Crippen molar-refractivity contribution in [1.29, 1.82) is 0 Å². The van der Waals surface area contributed by atoms with Gasteiger partial charge in [0, 0.05) is 16.5 Å². The van der Waals surface area contributed by atoms with E-state index in [0.717, 1.165) is 0 Å². The molecule has 0 amide bonds. The summed E-state index contributed by atoms with van der Waals surface area (Å²) in [6.07, 6.45) is 0. The van der Waals surface area contributed by atoms with Crippen molar-refractivity contribution in [3.05, 3.63) is 152 Å². The van der Waals surface area contributed by atoms with Crippen LogP contribution in [0.3, 0.4) is 0 Å². The minimum absolute atomic E-state index is 1.17. The molecule has 0 fully saturated rings. The third kappa shape index (κ3) is 3.48. The van der Waals surface area contributed by atoms with Crippen LogP contribution in [0.1, 0.15) is 0 Å². The summed E-state index contributed by atoms with van der Waals surface area (Å²) >= 11 is 0. The maximum atomic E-state index is 2.40. The molecule has 1 nitrogen and oxygen atoms in total. The lowest BCUT2D eigenvalue weighted by molar-refractivity contribution is 1.18. The van der Waals surface area contributed by atoms with E-state index >= 15 is 0 Å². The van der Waals surface area contributed by atoms with E-state index in [4.69, 9.17) is 0 Å². The first-order valence-electron chi connectivity index (χ1n) is 13.5. The molecule has 1 aromatic heterocycles. The van der Waals surface area contributed by atoms with Crippen molar-refractivity contribution in [2.75, 3.05) is 0 Å². The minimum atomic E-state index is 1.17. The Balaban J connectivity index is 1.33. The van der Waals surface area contributed by atoms with Crippen LogP contribution < -0.4 is 0 Å². The van der Waals surface area contributed by atoms with E-state index in [1.54, 1.807) is 0 Å². The summed E-state index contributed by atoms with van der Waals surface area (Å²) in [5, 5.41) is 7.69.